The molecule has 8 heteroatoms. The molecule has 0 aliphatic rings. The molecule has 0 aliphatic heterocycles. The van der Waals surface area contributed by atoms with Crippen molar-refractivity contribution in [3.8, 4) is 28.4 Å². The molecule has 0 aromatic heterocycles. The number of methoxy groups -OCH3 is 3. The number of amides is 2. The number of hydrogen-bond acceptors (Lipinski definition) is 6. The van der Waals surface area contributed by atoms with E-state index in [4.69, 9.17) is 18.9 Å². The quantitative estimate of drug-likeness (QED) is 0.407. The highest BCUT2D eigenvalue weighted by molar-refractivity contribution is 6.01. The summed E-state index contributed by atoms with van der Waals surface area (Å²) in [5.41, 5.74) is 3.18. The van der Waals surface area contributed by atoms with Crippen molar-refractivity contribution in [2.75, 3.05) is 21.3 Å². The van der Waals surface area contributed by atoms with Crippen molar-refractivity contribution in [1.82, 2.24) is 10.6 Å². The summed E-state index contributed by atoms with van der Waals surface area (Å²) >= 11 is 0. The molecule has 0 spiro atoms. The van der Waals surface area contributed by atoms with Crippen molar-refractivity contribution >= 4 is 12.0 Å². The molecule has 0 unspecified atom stereocenters. The van der Waals surface area contributed by atoms with E-state index in [9.17, 15) is 9.59 Å². The van der Waals surface area contributed by atoms with Crippen LogP contribution in [0.1, 0.15) is 42.3 Å². The van der Waals surface area contributed by atoms with Crippen LogP contribution in [0.2, 0.25) is 0 Å². The van der Waals surface area contributed by atoms with Gasteiger partial charge in [-0.2, -0.15) is 0 Å². The highest BCUT2D eigenvalue weighted by Gasteiger charge is 2.19. The second kappa shape index (κ2) is 12.2. The number of carbonyl (C=O) groups is 2. The maximum absolute atomic E-state index is 13.3. The van der Waals surface area contributed by atoms with Gasteiger partial charge in [0.15, 0.2) is 11.5 Å². The van der Waals surface area contributed by atoms with Gasteiger partial charge in [0, 0.05) is 18.7 Å². The number of rotatable bonds is 9. The average Bonchev–Trinajstić information content (AvgIpc) is 2.89. The standard InChI is InChI=1S/C29H34N2O6/c1-29(2,3)37-28(33)31-18-20-11-7-8-12-21(20)22-13-9-10-14-23(22)27(32)30-17-19-15-24(34-4)26(36-6)25(16-19)35-5/h7-16H,17-18H2,1-6H3,(H,30,32)(H,31,33). The predicted molar refractivity (Wildman–Crippen MR) is 142 cm³/mol. The van der Waals surface area contributed by atoms with E-state index in [-0.39, 0.29) is 19.0 Å². The first kappa shape index (κ1) is 27.4. The van der Waals surface area contributed by atoms with Gasteiger partial charge in [-0.1, -0.05) is 42.5 Å². The Bertz CT molecular complexity index is 1220. The van der Waals surface area contributed by atoms with Crippen molar-refractivity contribution in [3.05, 3.63) is 77.4 Å². The molecule has 0 radical (unpaired) electrons. The smallest absolute Gasteiger partial charge is 0.407 e. The summed E-state index contributed by atoms with van der Waals surface area (Å²) in [4.78, 5) is 25.5. The predicted octanol–water partition coefficient (Wildman–Crippen LogP) is 5.33. The van der Waals surface area contributed by atoms with Gasteiger partial charge in [-0.3, -0.25) is 4.79 Å². The van der Waals surface area contributed by atoms with Gasteiger partial charge in [-0.15, -0.1) is 0 Å². The molecule has 0 saturated heterocycles. The third-order valence-corrected chi connectivity index (χ3v) is 5.48. The minimum absolute atomic E-state index is 0.237. The SMILES string of the molecule is COc1cc(CNC(=O)c2ccccc2-c2ccccc2CNC(=O)OC(C)(C)C)cc(OC)c1OC. The first-order valence-electron chi connectivity index (χ1n) is 11.9. The Hall–Kier alpha value is -4.20. The third kappa shape index (κ3) is 7.16. The number of hydrogen-bond donors (Lipinski definition) is 2. The van der Waals surface area contributed by atoms with Crippen molar-refractivity contribution in [2.24, 2.45) is 0 Å². The molecular formula is C29H34N2O6. The van der Waals surface area contributed by atoms with E-state index in [0.717, 1.165) is 22.3 Å². The molecule has 0 atom stereocenters. The van der Waals surface area contributed by atoms with E-state index >= 15 is 0 Å². The second-order valence-electron chi connectivity index (χ2n) is 9.27. The van der Waals surface area contributed by atoms with E-state index in [1.54, 1.807) is 39.5 Å². The number of ether oxygens (including phenoxy) is 4. The highest BCUT2D eigenvalue weighted by Crippen LogP contribution is 2.38. The summed E-state index contributed by atoms with van der Waals surface area (Å²) < 4.78 is 21.5. The Morgan fingerprint density at radius 1 is 0.757 bits per heavy atom. The highest BCUT2D eigenvalue weighted by atomic mass is 16.6. The van der Waals surface area contributed by atoms with Crippen molar-refractivity contribution < 1.29 is 28.5 Å². The lowest BCUT2D eigenvalue weighted by atomic mass is 9.95. The van der Waals surface area contributed by atoms with Crippen LogP contribution in [-0.2, 0) is 17.8 Å². The van der Waals surface area contributed by atoms with Gasteiger partial charge in [-0.25, -0.2) is 4.79 Å². The molecular weight excluding hydrogens is 472 g/mol. The fourth-order valence-electron chi connectivity index (χ4n) is 3.85. The van der Waals surface area contributed by atoms with E-state index in [2.05, 4.69) is 10.6 Å². The van der Waals surface area contributed by atoms with Gasteiger partial charge in [0.1, 0.15) is 5.60 Å². The first-order chi connectivity index (χ1) is 17.7. The minimum atomic E-state index is -0.591. The fourth-order valence-corrected chi connectivity index (χ4v) is 3.85. The Kier molecular flexibility index (Phi) is 9.00. The van der Waals surface area contributed by atoms with E-state index in [1.165, 1.54) is 0 Å². The molecule has 3 aromatic carbocycles. The van der Waals surface area contributed by atoms with Crippen LogP contribution in [0.25, 0.3) is 11.1 Å². The zero-order chi connectivity index (χ0) is 27.0. The number of nitrogens with one attached hydrogen (secondary N) is 2. The van der Waals surface area contributed by atoms with Crippen LogP contribution in [0.3, 0.4) is 0 Å². The van der Waals surface area contributed by atoms with Crippen molar-refractivity contribution in [2.45, 2.75) is 39.5 Å². The van der Waals surface area contributed by atoms with Crippen molar-refractivity contribution in [1.29, 1.82) is 0 Å². The normalized spacial score (nSPS) is 10.9. The van der Waals surface area contributed by atoms with Crippen molar-refractivity contribution in [3.63, 3.8) is 0 Å². The van der Waals surface area contributed by atoms with Crippen LogP contribution in [-0.4, -0.2) is 38.9 Å². The van der Waals surface area contributed by atoms with Crippen LogP contribution in [0, 0.1) is 0 Å². The van der Waals surface area contributed by atoms with Crippen LogP contribution in [0.5, 0.6) is 17.2 Å². The lowest BCUT2D eigenvalue weighted by Gasteiger charge is -2.20. The maximum Gasteiger partial charge on any atom is 0.407 e. The molecule has 2 N–H and O–H groups in total. The molecule has 0 aliphatic carbocycles. The van der Waals surface area contributed by atoms with E-state index in [1.807, 2.05) is 63.2 Å². The van der Waals surface area contributed by atoms with Gasteiger partial charge in [0.05, 0.1) is 21.3 Å². The number of alkyl carbamates (subject to hydrolysis) is 1. The average molecular weight is 507 g/mol. The van der Waals surface area contributed by atoms with Gasteiger partial charge in [0.25, 0.3) is 5.91 Å². The van der Waals surface area contributed by atoms with E-state index in [0.29, 0.717) is 22.8 Å². The van der Waals surface area contributed by atoms with Gasteiger partial charge >= 0.3 is 6.09 Å². The molecule has 0 fully saturated rings. The summed E-state index contributed by atoms with van der Waals surface area (Å²) in [5, 5.41) is 5.78. The van der Waals surface area contributed by atoms with Crippen LogP contribution in [0.15, 0.2) is 60.7 Å². The summed E-state index contributed by atoms with van der Waals surface area (Å²) in [5.74, 6) is 1.28. The maximum atomic E-state index is 13.3. The lowest BCUT2D eigenvalue weighted by molar-refractivity contribution is 0.0523. The molecule has 2 amide bonds. The summed E-state index contributed by atoms with van der Waals surface area (Å²) in [6.45, 7) is 5.95. The number of carbonyl (C=O) groups excluding carboxylic acids is 2. The molecule has 196 valence electrons. The largest absolute Gasteiger partial charge is 0.493 e. The molecule has 0 bridgehead atoms. The van der Waals surface area contributed by atoms with Gasteiger partial charge in [-0.05, 0) is 61.2 Å². The topological polar surface area (TPSA) is 95.1 Å². The second-order valence-corrected chi connectivity index (χ2v) is 9.27. The minimum Gasteiger partial charge on any atom is -0.493 e. The summed E-state index contributed by atoms with van der Waals surface area (Å²) in [6.07, 6.45) is -0.501. The third-order valence-electron chi connectivity index (χ3n) is 5.48. The Balaban J connectivity index is 1.81. The lowest BCUT2D eigenvalue weighted by Crippen LogP contribution is -2.32. The Morgan fingerprint density at radius 3 is 1.95 bits per heavy atom. The zero-order valence-corrected chi connectivity index (χ0v) is 22.1. The Morgan fingerprint density at radius 2 is 1.35 bits per heavy atom. The summed E-state index contributed by atoms with van der Waals surface area (Å²) in [6, 6.07) is 18.6. The van der Waals surface area contributed by atoms with Crippen LogP contribution >= 0.6 is 0 Å². The van der Waals surface area contributed by atoms with Gasteiger partial charge < -0.3 is 29.6 Å². The Labute approximate surface area is 217 Å². The monoisotopic (exact) mass is 506 g/mol. The molecule has 3 aromatic rings. The zero-order valence-electron chi connectivity index (χ0n) is 22.1. The molecule has 8 nitrogen and oxygen atoms in total. The molecule has 3 rings (SSSR count). The molecule has 0 heterocycles. The van der Waals surface area contributed by atoms with Crippen LogP contribution < -0.4 is 24.8 Å². The van der Waals surface area contributed by atoms with Crippen LogP contribution in [0.4, 0.5) is 4.79 Å². The fraction of sp³-hybridized carbons (Fsp3) is 0.310. The summed E-state index contributed by atoms with van der Waals surface area (Å²) in [7, 11) is 4.63. The van der Waals surface area contributed by atoms with Gasteiger partial charge in [0.2, 0.25) is 5.75 Å². The molecule has 37 heavy (non-hydrogen) atoms. The van der Waals surface area contributed by atoms with E-state index < -0.39 is 11.7 Å². The first-order valence-corrected chi connectivity index (χ1v) is 11.9. The molecule has 0 saturated carbocycles. The number of benzene rings is 3.